The number of nitrogens with zero attached hydrogens (tertiary/aromatic N) is 1. The second-order valence-electron chi connectivity index (χ2n) is 5.81. The molecule has 116 valence electrons. The molecule has 0 bridgehead atoms. The van der Waals surface area contributed by atoms with Crippen LogP contribution in [-0.2, 0) is 20.7 Å². The number of hydrogen-bond donors (Lipinski definition) is 1. The number of hydroxylamine groups is 2. The first-order valence-corrected chi connectivity index (χ1v) is 6.78. The van der Waals surface area contributed by atoms with Crippen molar-refractivity contribution in [3.05, 3.63) is 34.4 Å². The minimum atomic E-state index is -1.42. The van der Waals surface area contributed by atoms with Gasteiger partial charge in [-0.3, -0.25) is 10.0 Å². The molecule has 0 saturated carbocycles. The molecular weight excluding hydrogens is 270 g/mol. The number of methoxy groups -OCH3 is 1. The van der Waals surface area contributed by atoms with Gasteiger partial charge in [0.25, 0.3) is 5.91 Å². The summed E-state index contributed by atoms with van der Waals surface area (Å²) in [7, 11) is 1.22. The Kier molecular flexibility index (Phi) is 5.12. The third-order valence-electron chi connectivity index (χ3n) is 3.62. The van der Waals surface area contributed by atoms with Gasteiger partial charge in [0.1, 0.15) is 0 Å². The molecule has 0 radical (unpaired) electrons. The van der Waals surface area contributed by atoms with Crippen LogP contribution in [0.4, 0.5) is 0 Å². The van der Waals surface area contributed by atoms with Gasteiger partial charge in [0, 0.05) is 0 Å². The van der Waals surface area contributed by atoms with Gasteiger partial charge in [-0.15, -0.1) is 0 Å². The lowest BCUT2D eigenvalue weighted by molar-refractivity contribution is -0.201. The van der Waals surface area contributed by atoms with E-state index in [2.05, 4.69) is 4.74 Å². The lowest BCUT2D eigenvalue weighted by Crippen LogP contribution is -2.52. The van der Waals surface area contributed by atoms with Crippen LogP contribution in [0.5, 0.6) is 0 Å². The van der Waals surface area contributed by atoms with Crippen LogP contribution in [0.1, 0.15) is 36.1 Å². The van der Waals surface area contributed by atoms with Crippen LogP contribution in [0, 0.1) is 20.8 Å². The van der Waals surface area contributed by atoms with Crippen molar-refractivity contribution in [2.75, 3.05) is 7.11 Å². The second kappa shape index (κ2) is 6.26. The van der Waals surface area contributed by atoms with Gasteiger partial charge in [-0.25, -0.2) is 9.86 Å². The number of carbonyl (C=O) groups is 2. The van der Waals surface area contributed by atoms with E-state index in [1.165, 1.54) is 21.0 Å². The Morgan fingerprint density at radius 3 is 2.10 bits per heavy atom. The van der Waals surface area contributed by atoms with Gasteiger partial charge >= 0.3 is 5.97 Å². The van der Waals surface area contributed by atoms with E-state index >= 15 is 0 Å². The van der Waals surface area contributed by atoms with Crippen molar-refractivity contribution in [1.29, 1.82) is 0 Å². The van der Waals surface area contributed by atoms with E-state index in [-0.39, 0.29) is 6.42 Å². The van der Waals surface area contributed by atoms with Crippen molar-refractivity contribution >= 4 is 11.9 Å². The molecule has 5 nitrogen and oxygen atoms in total. The molecule has 0 atom stereocenters. The van der Waals surface area contributed by atoms with Crippen LogP contribution in [0.25, 0.3) is 0 Å². The molecule has 1 rings (SSSR count). The van der Waals surface area contributed by atoms with Crippen molar-refractivity contribution < 1.29 is 19.5 Å². The summed E-state index contributed by atoms with van der Waals surface area (Å²) >= 11 is 0. The number of rotatable bonds is 4. The zero-order valence-electron chi connectivity index (χ0n) is 13.5. The summed E-state index contributed by atoms with van der Waals surface area (Å²) < 4.78 is 4.61. The summed E-state index contributed by atoms with van der Waals surface area (Å²) in [4.78, 5) is 23.9. The highest BCUT2D eigenvalue weighted by molar-refractivity contribution is 5.87. The molecule has 0 aromatic heterocycles. The van der Waals surface area contributed by atoms with Crippen LogP contribution in [-0.4, -0.2) is 34.8 Å². The van der Waals surface area contributed by atoms with Gasteiger partial charge < -0.3 is 4.74 Å². The number of aryl methyl sites for hydroxylation is 3. The fourth-order valence-electron chi connectivity index (χ4n) is 2.36. The van der Waals surface area contributed by atoms with Crippen molar-refractivity contribution in [3.63, 3.8) is 0 Å². The van der Waals surface area contributed by atoms with Crippen LogP contribution >= 0.6 is 0 Å². The Hall–Kier alpha value is -1.88. The molecular formula is C16H23NO4. The minimum Gasteiger partial charge on any atom is -0.467 e. The highest BCUT2D eigenvalue weighted by Crippen LogP contribution is 2.20. The maximum Gasteiger partial charge on any atom is 0.333 e. The fraction of sp³-hybridized carbons (Fsp3) is 0.500. The topological polar surface area (TPSA) is 66.8 Å². The summed E-state index contributed by atoms with van der Waals surface area (Å²) in [6.07, 6.45) is 0.0366. The Balaban J connectivity index is 2.99. The molecule has 21 heavy (non-hydrogen) atoms. The van der Waals surface area contributed by atoms with Crippen molar-refractivity contribution in [3.8, 4) is 0 Å². The quantitative estimate of drug-likeness (QED) is 0.525. The van der Waals surface area contributed by atoms with Crippen molar-refractivity contribution in [1.82, 2.24) is 5.06 Å². The van der Waals surface area contributed by atoms with Crippen LogP contribution < -0.4 is 0 Å². The summed E-state index contributed by atoms with van der Waals surface area (Å²) in [5.74, 6) is -1.21. The first-order valence-electron chi connectivity index (χ1n) is 6.78. The number of carbonyl (C=O) groups excluding carboxylic acids is 2. The van der Waals surface area contributed by atoms with E-state index in [0.29, 0.717) is 5.06 Å². The smallest absolute Gasteiger partial charge is 0.333 e. The first kappa shape index (κ1) is 17.2. The van der Waals surface area contributed by atoms with Gasteiger partial charge in [0.15, 0.2) is 5.54 Å². The molecule has 1 amide bonds. The van der Waals surface area contributed by atoms with Gasteiger partial charge in [-0.05, 0) is 51.3 Å². The molecule has 0 spiro atoms. The van der Waals surface area contributed by atoms with Crippen LogP contribution in [0.2, 0.25) is 0 Å². The third kappa shape index (κ3) is 3.61. The lowest BCUT2D eigenvalue weighted by Gasteiger charge is -2.30. The largest absolute Gasteiger partial charge is 0.467 e. The normalized spacial score (nSPS) is 11.2. The molecule has 0 heterocycles. The molecule has 1 N–H and O–H groups in total. The predicted molar refractivity (Wildman–Crippen MR) is 79.1 cm³/mol. The number of amides is 1. The number of benzene rings is 1. The summed E-state index contributed by atoms with van der Waals surface area (Å²) in [6.45, 7) is 8.72. The zero-order valence-corrected chi connectivity index (χ0v) is 13.5. The highest BCUT2D eigenvalue weighted by Gasteiger charge is 2.38. The number of ether oxygens (including phenoxy) is 1. The minimum absolute atomic E-state index is 0.0366. The lowest BCUT2D eigenvalue weighted by atomic mass is 9.96. The Bertz CT molecular complexity index is 540. The molecule has 5 heteroatoms. The van der Waals surface area contributed by atoms with Gasteiger partial charge in [-0.1, -0.05) is 17.7 Å². The van der Waals surface area contributed by atoms with E-state index in [4.69, 9.17) is 0 Å². The molecule has 0 saturated heterocycles. The highest BCUT2D eigenvalue weighted by atomic mass is 16.6. The summed E-state index contributed by atoms with van der Waals surface area (Å²) in [6, 6.07) is 3.98. The molecule has 0 aliphatic heterocycles. The van der Waals surface area contributed by atoms with Crippen molar-refractivity contribution in [2.45, 2.75) is 46.6 Å². The maximum absolute atomic E-state index is 12.2. The molecule has 0 aliphatic carbocycles. The van der Waals surface area contributed by atoms with Gasteiger partial charge in [-0.2, -0.15) is 0 Å². The molecule has 0 fully saturated rings. The van der Waals surface area contributed by atoms with E-state index in [0.717, 1.165) is 22.3 Å². The standard InChI is InChI=1S/C16H23NO4/c1-10-7-11(2)13(12(3)8-10)9-14(18)17(20)16(4,5)15(19)21-6/h7-8,20H,9H2,1-6H3. The molecule has 1 aromatic carbocycles. The third-order valence-corrected chi connectivity index (χ3v) is 3.62. The molecule has 0 aliphatic rings. The fourth-order valence-corrected chi connectivity index (χ4v) is 2.36. The van der Waals surface area contributed by atoms with E-state index in [1.54, 1.807) is 0 Å². The average Bonchev–Trinajstić information content (AvgIpc) is 2.40. The summed E-state index contributed by atoms with van der Waals surface area (Å²) in [5, 5.41) is 10.5. The average molecular weight is 293 g/mol. The monoisotopic (exact) mass is 293 g/mol. The molecule has 1 aromatic rings. The predicted octanol–water partition coefficient (Wildman–Crippen LogP) is 2.32. The zero-order chi connectivity index (χ0) is 16.4. The van der Waals surface area contributed by atoms with E-state index < -0.39 is 17.4 Å². The Morgan fingerprint density at radius 1 is 1.19 bits per heavy atom. The van der Waals surface area contributed by atoms with Gasteiger partial charge in [0.05, 0.1) is 13.5 Å². The van der Waals surface area contributed by atoms with Gasteiger partial charge in [0.2, 0.25) is 0 Å². The SMILES string of the molecule is COC(=O)C(C)(C)N(O)C(=O)Cc1c(C)cc(C)cc1C. The Morgan fingerprint density at radius 2 is 1.67 bits per heavy atom. The number of hydrogen-bond acceptors (Lipinski definition) is 4. The molecule has 0 unspecified atom stereocenters. The first-order chi connectivity index (χ1) is 9.61. The summed E-state index contributed by atoms with van der Waals surface area (Å²) in [5.41, 5.74) is 2.55. The Labute approximate surface area is 125 Å². The second-order valence-corrected chi connectivity index (χ2v) is 5.81. The van der Waals surface area contributed by atoms with Crippen LogP contribution in [0.15, 0.2) is 12.1 Å². The number of esters is 1. The van der Waals surface area contributed by atoms with Crippen LogP contribution in [0.3, 0.4) is 0 Å². The van der Waals surface area contributed by atoms with Crippen molar-refractivity contribution in [2.24, 2.45) is 0 Å². The maximum atomic E-state index is 12.2. The van der Waals surface area contributed by atoms with E-state index in [9.17, 15) is 14.8 Å². The van der Waals surface area contributed by atoms with E-state index in [1.807, 2.05) is 32.9 Å².